The van der Waals surface area contributed by atoms with Crippen molar-refractivity contribution in [1.82, 2.24) is 10.2 Å². The third kappa shape index (κ3) is 2.49. The molecule has 1 aromatic heterocycles. The van der Waals surface area contributed by atoms with Crippen LogP contribution in [0.4, 0.5) is 0 Å². The molecule has 0 fully saturated rings. The summed E-state index contributed by atoms with van der Waals surface area (Å²) >= 11 is 0. The predicted molar refractivity (Wildman–Crippen MR) is 51.5 cm³/mol. The molecular weight excluding hydrogens is 164 g/mol. The summed E-state index contributed by atoms with van der Waals surface area (Å²) in [6.45, 7) is 5.83. The van der Waals surface area contributed by atoms with E-state index < -0.39 is 0 Å². The van der Waals surface area contributed by atoms with E-state index in [2.05, 4.69) is 10.2 Å². The summed E-state index contributed by atoms with van der Waals surface area (Å²) in [5.41, 5.74) is 1.77. The Morgan fingerprint density at radius 2 is 2.08 bits per heavy atom. The molecule has 72 valence electrons. The smallest absolute Gasteiger partial charge is 0.0685 e. The molecule has 0 amide bonds. The molecule has 2 atom stereocenters. The van der Waals surface area contributed by atoms with Crippen molar-refractivity contribution in [3.63, 3.8) is 0 Å². The van der Waals surface area contributed by atoms with Crippen LogP contribution in [0.25, 0.3) is 0 Å². The number of aliphatic hydroxyl groups excluding tert-OH is 1. The lowest BCUT2D eigenvalue weighted by Gasteiger charge is -2.15. The Balaban J connectivity index is 2.77. The lowest BCUT2D eigenvalue weighted by atomic mass is 9.99. The molecule has 0 spiro atoms. The van der Waals surface area contributed by atoms with Crippen LogP contribution in [-0.4, -0.2) is 21.4 Å². The van der Waals surface area contributed by atoms with Gasteiger partial charge < -0.3 is 5.11 Å². The number of aryl methyl sites for hydroxylation is 1. The minimum atomic E-state index is -0.322. The van der Waals surface area contributed by atoms with Crippen molar-refractivity contribution in [3.8, 4) is 0 Å². The van der Waals surface area contributed by atoms with E-state index in [1.807, 2.05) is 32.9 Å². The van der Waals surface area contributed by atoms with Crippen molar-refractivity contribution < 1.29 is 5.11 Å². The zero-order chi connectivity index (χ0) is 9.84. The van der Waals surface area contributed by atoms with E-state index in [1.165, 1.54) is 0 Å². The van der Waals surface area contributed by atoms with Crippen molar-refractivity contribution in [2.24, 2.45) is 0 Å². The van der Waals surface area contributed by atoms with Gasteiger partial charge in [0.2, 0.25) is 0 Å². The molecular formula is C10H16N2O. The van der Waals surface area contributed by atoms with E-state index >= 15 is 0 Å². The fourth-order valence-corrected chi connectivity index (χ4v) is 1.20. The molecule has 0 radical (unpaired) electrons. The summed E-state index contributed by atoms with van der Waals surface area (Å²) < 4.78 is 0. The first-order valence-corrected chi connectivity index (χ1v) is 4.63. The number of hydrogen-bond acceptors (Lipinski definition) is 3. The first-order valence-electron chi connectivity index (χ1n) is 4.63. The van der Waals surface area contributed by atoms with E-state index in [0.717, 1.165) is 17.8 Å². The van der Waals surface area contributed by atoms with Crippen LogP contribution in [-0.2, 0) is 0 Å². The SMILES string of the molecule is CCC(O)C(C)c1ccc(C)nn1. The minimum Gasteiger partial charge on any atom is -0.392 e. The van der Waals surface area contributed by atoms with E-state index in [1.54, 1.807) is 0 Å². The molecule has 0 saturated carbocycles. The second-order valence-electron chi connectivity index (χ2n) is 3.36. The van der Waals surface area contributed by atoms with Crippen molar-refractivity contribution in [3.05, 3.63) is 23.5 Å². The Morgan fingerprint density at radius 3 is 2.54 bits per heavy atom. The van der Waals surface area contributed by atoms with Gasteiger partial charge in [-0.3, -0.25) is 0 Å². The second kappa shape index (κ2) is 4.33. The molecule has 0 aliphatic carbocycles. The maximum absolute atomic E-state index is 9.58. The monoisotopic (exact) mass is 180 g/mol. The van der Waals surface area contributed by atoms with Gasteiger partial charge in [-0.2, -0.15) is 10.2 Å². The Kier molecular flexibility index (Phi) is 3.37. The lowest BCUT2D eigenvalue weighted by Crippen LogP contribution is -2.16. The van der Waals surface area contributed by atoms with Crippen LogP contribution in [0.5, 0.6) is 0 Å². The van der Waals surface area contributed by atoms with Crippen molar-refractivity contribution in [2.75, 3.05) is 0 Å². The highest BCUT2D eigenvalue weighted by molar-refractivity contribution is 5.10. The lowest BCUT2D eigenvalue weighted by molar-refractivity contribution is 0.143. The van der Waals surface area contributed by atoms with Crippen LogP contribution < -0.4 is 0 Å². The molecule has 1 rings (SSSR count). The molecule has 3 nitrogen and oxygen atoms in total. The van der Waals surface area contributed by atoms with Gasteiger partial charge >= 0.3 is 0 Å². The molecule has 2 unspecified atom stereocenters. The number of hydrogen-bond donors (Lipinski definition) is 1. The van der Waals surface area contributed by atoms with Crippen LogP contribution in [0.15, 0.2) is 12.1 Å². The highest BCUT2D eigenvalue weighted by Crippen LogP contribution is 2.18. The summed E-state index contributed by atoms with van der Waals surface area (Å²) in [5.74, 6) is 0.0677. The minimum absolute atomic E-state index is 0.0677. The average Bonchev–Trinajstić information content (AvgIpc) is 2.17. The predicted octanol–water partition coefficient (Wildman–Crippen LogP) is 1.66. The third-order valence-electron chi connectivity index (χ3n) is 2.28. The molecule has 0 aromatic carbocycles. The van der Waals surface area contributed by atoms with Gasteiger partial charge in [-0.15, -0.1) is 0 Å². The van der Waals surface area contributed by atoms with Crippen molar-refractivity contribution in [2.45, 2.75) is 39.2 Å². The Hall–Kier alpha value is -0.960. The van der Waals surface area contributed by atoms with Crippen molar-refractivity contribution >= 4 is 0 Å². The molecule has 0 bridgehead atoms. The fraction of sp³-hybridized carbons (Fsp3) is 0.600. The van der Waals surface area contributed by atoms with E-state index in [9.17, 15) is 5.11 Å². The number of nitrogens with zero attached hydrogens (tertiary/aromatic N) is 2. The maximum atomic E-state index is 9.58. The van der Waals surface area contributed by atoms with E-state index in [4.69, 9.17) is 0 Å². The van der Waals surface area contributed by atoms with Gasteiger partial charge in [0.15, 0.2) is 0 Å². The van der Waals surface area contributed by atoms with Crippen molar-refractivity contribution in [1.29, 1.82) is 0 Å². The van der Waals surface area contributed by atoms with E-state index in [-0.39, 0.29) is 12.0 Å². The Bertz CT molecular complexity index is 258. The van der Waals surface area contributed by atoms with E-state index in [0.29, 0.717) is 0 Å². The molecule has 1 aromatic rings. The quantitative estimate of drug-likeness (QED) is 0.769. The third-order valence-corrected chi connectivity index (χ3v) is 2.28. The topological polar surface area (TPSA) is 46.0 Å². The summed E-state index contributed by atoms with van der Waals surface area (Å²) in [7, 11) is 0. The average molecular weight is 180 g/mol. The number of rotatable bonds is 3. The molecule has 0 aliphatic rings. The fourth-order valence-electron chi connectivity index (χ4n) is 1.20. The molecule has 1 N–H and O–H groups in total. The molecule has 3 heteroatoms. The second-order valence-corrected chi connectivity index (χ2v) is 3.36. The molecule has 1 heterocycles. The normalized spacial score (nSPS) is 15.4. The summed E-state index contributed by atoms with van der Waals surface area (Å²) in [4.78, 5) is 0. The molecule has 0 aliphatic heterocycles. The zero-order valence-corrected chi connectivity index (χ0v) is 8.36. The standard InChI is InChI=1S/C10H16N2O/c1-4-10(13)8(3)9-6-5-7(2)11-12-9/h5-6,8,10,13H,4H2,1-3H3. The molecule has 13 heavy (non-hydrogen) atoms. The maximum Gasteiger partial charge on any atom is 0.0685 e. The van der Waals surface area contributed by atoms with Gasteiger partial charge in [0.1, 0.15) is 0 Å². The summed E-state index contributed by atoms with van der Waals surface area (Å²) in [6, 6.07) is 3.84. The van der Waals surface area contributed by atoms with Gasteiger partial charge in [-0.05, 0) is 25.5 Å². The summed E-state index contributed by atoms with van der Waals surface area (Å²) in [6.07, 6.45) is 0.425. The van der Waals surface area contributed by atoms with Crippen LogP contribution >= 0.6 is 0 Å². The van der Waals surface area contributed by atoms with Crippen LogP contribution in [0, 0.1) is 6.92 Å². The van der Waals surface area contributed by atoms with Crippen LogP contribution in [0.3, 0.4) is 0 Å². The Labute approximate surface area is 78.8 Å². The van der Waals surface area contributed by atoms with Gasteiger partial charge in [-0.25, -0.2) is 0 Å². The zero-order valence-electron chi connectivity index (χ0n) is 8.36. The number of aromatic nitrogens is 2. The van der Waals surface area contributed by atoms with Crippen LogP contribution in [0.2, 0.25) is 0 Å². The highest BCUT2D eigenvalue weighted by atomic mass is 16.3. The van der Waals surface area contributed by atoms with Crippen LogP contribution in [0.1, 0.15) is 37.6 Å². The van der Waals surface area contributed by atoms with Gasteiger partial charge in [0, 0.05) is 5.92 Å². The largest absolute Gasteiger partial charge is 0.392 e. The highest BCUT2D eigenvalue weighted by Gasteiger charge is 2.15. The van der Waals surface area contributed by atoms with Gasteiger partial charge in [0.25, 0.3) is 0 Å². The van der Waals surface area contributed by atoms with Gasteiger partial charge in [0.05, 0.1) is 17.5 Å². The molecule has 0 saturated heterocycles. The van der Waals surface area contributed by atoms with Gasteiger partial charge in [-0.1, -0.05) is 13.8 Å². The number of aliphatic hydroxyl groups is 1. The first-order chi connectivity index (χ1) is 6.15. The summed E-state index contributed by atoms with van der Waals surface area (Å²) in [5, 5.41) is 17.6. The Morgan fingerprint density at radius 1 is 1.38 bits per heavy atom. The first kappa shape index (κ1) is 10.1.